The number of nitrogens with one attached hydrogen (secondary N) is 1. The lowest BCUT2D eigenvalue weighted by Crippen LogP contribution is -2.21. The predicted molar refractivity (Wildman–Crippen MR) is 99.9 cm³/mol. The third-order valence-corrected chi connectivity index (χ3v) is 5.10. The summed E-state index contributed by atoms with van der Waals surface area (Å²) in [5, 5.41) is 3.46. The van der Waals surface area contributed by atoms with E-state index in [1.807, 2.05) is 0 Å². The topological polar surface area (TPSA) is 24.5 Å². The normalized spacial score (nSPS) is 16.8. The maximum Gasteiger partial charge on any atom is 0.119 e. The minimum absolute atomic E-state index is 0.800. The Kier molecular flexibility index (Phi) is 4.70. The number of likely N-dealkylation sites (tertiary alicyclic amines) is 1. The first-order chi connectivity index (χ1) is 11.9. The van der Waals surface area contributed by atoms with Crippen LogP contribution in [-0.2, 0) is 6.42 Å². The highest BCUT2D eigenvalue weighted by atomic mass is 16.5. The van der Waals surface area contributed by atoms with Crippen LogP contribution in [0.5, 0.6) is 5.75 Å². The van der Waals surface area contributed by atoms with Crippen LogP contribution >= 0.6 is 0 Å². The van der Waals surface area contributed by atoms with Gasteiger partial charge in [0.2, 0.25) is 0 Å². The van der Waals surface area contributed by atoms with E-state index in [1.54, 1.807) is 0 Å². The van der Waals surface area contributed by atoms with Crippen LogP contribution in [0.1, 0.15) is 24.8 Å². The Bertz CT molecular complexity index is 692. The van der Waals surface area contributed by atoms with Gasteiger partial charge in [-0.25, -0.2) is 0 Å². The number of hydrogen-bond donors (Lipinski definition) is 1. The van der Waals surface area contributed by atoms with Crippen LogP contribution in [0, 0.1) is 0 Å². The van der Waals surface area contributed by atoms with Gasteiger partial charge in [0.05, 0.1) is 6.61 Å². The maximum absolute atomic E-state index is 6.01. The molecule has 2 aromatic rings. The van der Waals surface area contributed by atoms with Crippen molar-refractivity contribution in [2.75, 3.05) is 38.1 Å². The van der Waals surface area contributed by atoms with Gasteiger partial charge >= 0.3 is 0 Å². The Morgan fingerprint density at radius 2 is 1.92 bits per heavy atom. The Balaban J connectivity index is 1.40. The lowest BCUT2D eigenvalue weighted by molar-refractivity contribution is 0.263. The first-order valence-electron chi connectivity index (χ1n) is 9.21. The molecule has 0 amide bonds. The summed E-state index contributed by atoms with van der Waals surface area (Å²) in [6.07, 6.45) is 4.93. The quantitative estimate of drug-likeness (QED) is 0.807. The Morgan fingerprint density at radius 3 is 2.83 bits per heavy atom. The number of anilines is 1. The van der Waals surface area contributed by atoms with Crippen molar-refractivity contribution in [1.29, 1.82) is 0 Å². The monoisotopic (exact) mass is 322 g/mol. The lowest BCUT2D eigenvalue weighted by Gasteiger charge is -2.15. The summed E-state index contributed by atoms with van der Waals surface area (Å²) in [5.74, 6) is 0.984. The van der Waals surface area contributed by atoms with Crippen LogP contribution in [0.25, 0.3) is 11.1 Å². The molecule has 0 bridgehead atoms. The van der Waals surface area contributed by atoms with Crippen molar-refractivity contribution in [3.8, 4) is 16.9 Å². The Labute approximate surface area is 144 Å². The standard InChI is InChI=1S/C21H26N2O/c1-2-13-23(12-1)14-5-15-24-18-7-3-6-17(16-18)19-8-4-9-21-20(19)10-11-22-21/h3-4,6-9,16,22H,1-2,5,10-15H2. The van der Waals surface area contributed by atoms with E-state index in [4.69, 9.17) is 4.74 Å². The lowest BCUT2D eigenvalue weighted by atomic mass is 9.98. The van der Waals surface area contributed by atoms with E-state index in [0.29, 0.717) is 0 Å². The van der Waals surface area contributed by atoms with Gasteiger partial charge in [0.15, 0.2) is 0 Å². The summed E-state index contributed by atoms with van der Waals surface area (Å²) >= 11 is 0. The van der Waals surface area contributed by atoms with E-state index in [1.165, 1.54) is 48.3 Å². The molecule has 3 heteroatoms. The molecule has 3 nitrogen and oxygen atoms in total. The summed E-state index contributed by atoms with van der Waals surface area (Å²) in [6.45, 7) is 5.54. The molecule has 1 fully saturated rings. The Morgan fingerprint density at radius 1 is 1.04 bits per heavy atom. The predicted octanol–water partition coefficient (Wildman–Crippen LogP) is 4.19. The zero-order chi connectivity index (χ0) is 16.2. The summed E-state index contributed by atoms with van der Waals surface area (Å²) in [6, 6.07) is 15.1. The number of hydrogen-bond acceptors (Lipinski definition) is 3. The smallest absolute Gasteiger partial charge is 0.119 e. The van der Waals surface area contributed by atoms with Gasteiger partial charge in [-0.1, -0.05) is 24.3 Å². The van der Waals surface area contributed by atoms with Crippen molar-refractivity contribution in [3.05, 3.63) is 48.0 Å². The van der Waals surface area contributed by atoms with Crippen LogP contribution in [0.2, 0.25) is 0 Å². The molecule has 2 aliphatic heterocycles. The van der Waals surface area contributed by atoms with Crippen molar-refractivity contribution in [2.45, 2.75) is 25.7 Å². The molecule has 0 radical (unpaired) electrons. The van der Waals surface area contributed by atoms with Crippen LogP contribution in [0.3, 0.4) is 0 Å². The van der Waals surface area contributed by atoms with Gasteiger partial charge in [-0.3, -0.25) is 0 Å². The molecule has 0 spiro atoms. The molecule has 24 heavy (non-hydrogen) atoms. The van der Waals surface area contributed by atoms with Gasteiger partial charge in [0, 0.05) is 18.8 Å². The molecule has 0 atom stereocenters. The molecule has 2 heterocycles. The highest BCUT2D eigenvalue weighted by molar-refractivity contribution is 5.76. The first kappa shape index (κ1) is 15.5. The summed E-state index contributed by atoms with van der Waals surface area (Å²) < 4.78 is 6.01. The molecule has 0 aromatic heterocycles. The molecule has 0 saturated carbocycles. The highest BCUT2D eigenvalue weighted by Crippen LogP contribution is 2.34. The number of nitrogens with zero attached hydrogens (tertiary/aromatic N) is 1. The molecular weight excluding hydrogens is 296 g/mol. The molecule has 0 unspecified atom stereocenters. The molecule has 0 aliphatic carbocycles. The Hall–Kier alpha value is -2.00. The number of benzene rings is 2. The van der Waals surface area contributed by atoms with Gasteiger partial charge in [-0.15, -0.1) is 0 Å². The third-order valence-electron chi connectivity index (χ3n) is 5.10. The number of ether oxygens (including phenoxy) is 1. The van der Waals surface area contributed by atoms with E-state index < -0.39 is 0 Å². The minimum atomic E-state index is 0.800. The fourth-order valence-corrected chi connectivity index (χ4v) is 3.85. The molecular formula is C21H26N2O. The van der Waals surface area contributed by atoms with Crippen molar-refractivity contribution < 1.29 is 4.74 Å². The van der Waals surface area contributed by atoms with E-state index in [0.717, 1.165) is 38.3 Å². The average Bonchev–Trinajstić information content (AvgIpc) is 3.30. The fourth-order valence-electron chi connectivity index (χ4n) is 3.85. The van der Waals surface area contributed by atoms with Crippen LogP contribution in [-0.4, -0.2) is 37.7 Å². The van der Waals surface area contributed by atoms with E-state index in [9.17, 15) is 0 Å². The summed E-state index contributed by atoms with van der Waals surface area (Å²) in [7, 11) is 0. The van der Waals surface area contributed by atoms with Gasteiger partial charge < -0.3 is 15.0 Å². The molecule has 2 aromatic carbocycles. The fraction of sp³-hybridized carbons (Fsp3) is 0.429. The SMILES string of the molecule is c1cc(OCCCN2CCCC2)cc(-c2cccc3c2CCN3)c1. The van der Waals surface area contributed by atoms with E-state index >= 15 is 0 Å². The van der Waals surface area contributed by atoms with Gasteiger partial charge in [0.1, 0.15) is 5.75 Å². The zero-order valence-corrected chi connectivity index (χ0v) is 14.3. The molecule has 126 valence electrons. The van der Waals surface area contributed by atoms with E-state index in [-0.39, 0.29) is 0 Å². The van der Waals surface area contributed by atoms with Crippen LogP contribution in [0.15, 0.2) is 42.5 Å². The number of fused-ring (bicyclic) bond motifs is 1. The van der Waals surface area contributed by atoms with Crippen molar-refractivity contribution in [2.24, 2.45) is 0 Å². The number of rotatable bonds is 6. The second kappa shape index (κ2) is 7.27. The molecule has 4 rings (SSSR count). The summed E-state index contributed by atoms with van der Waals surface area (Å²) in [4.78, 5) is 2.54. The van der Waals surface area contributed by atoms with Gasteiger partial charge in [-0.2, -0.15) is 0 Å². The maximum atomic E-state index is 6.01. The van der Waals surface area contributed by atoms with Crippen molar-refractivity contribution in [1.82, 2.24) is 4.90 Å². The molecule has 2 aliphatic rings. The molecule has 1 N–H and O–H groups in total. The largest absolute Gasteiger partial charge is 0.494 e. The van der Waals surface area contributed by atoms with E-state index in [2.05, 4.69) is 52.7 Å². The summed E-state index contributed by atoms with van der Waals surface area (Å²) in [5.41, 5.74) is 5.31. The van der Waals surface area contributed by atoms with Gasteiger partial charge in [0.25, 0.3) is 0 Å². The van der Waals surface area contributed by atoms with Gasteiger partial charge in [-0.05, 0) is 73.7 Å². The molecule has 1 saturated heterocycles. The first-order valence-corrected chi connectivity index (χ1v) is 9.21. The highest BCUT2D eigenvalue weighted by Gasteiger charge is 2.15. The second-order valence-electron chi connectivity index (χ2n) is 6.79. The van der Waals surface area contributed by atoms with Crippen LogP contribution < -0.4 is 10.1 Å². The van der Waals surface area contributed by atoms with Crippen molar-refractivity contribution in [3.63, 3.8) is 0 Å². The van der Waals surface area contributed by atoms with Crippen molar-refractivity contribution >= 4 is 5.69 Å². The zero-order valence-electron chi connectivity index (χ0n) is 14.3. The third kappa shape index (κ3) is 3.41. The average molecular weight is 322 g/mol. The van der Waals surface area contributed by atoms with Crippen LogP contribution in [0.4, 0.5) is 5.69 Å². The minimum Gasteiger partial charge on any atom is -0.494 e. The second-order valence-corrected chi connectivity index (χ2v) is 6.79.